The van der Waals surface area contributed by atoms with E-state index in [9.17, 15) is 40.7 Å². The lowest BCUT2D eigenvalue weighted by Crippen LogP contribution is -2.40. The van der Waals surface area contributed by atoms with Crippen LogP contribution in [-0.2, 0) is 19.1 Å². The molecule has 2 aliphatic heterocycles. The van der Waals surface area contributed by atoms with Gasteiger partial charge in [-0.15, -0.1) is 0 Å². The minimum Gasteiger partial charge on any atom is -0.478 e. The summed E-state index contributed by atoms with van der Waals surface area (Å²) in [6.45, 7) is 1.39. The van der Waals surface area contributed by atoms with E-state index in [0.717, 1.165) is 18.2 Å². The highest BCUT2D eigenvalue weighted by Gasteiger charge is 2.50. The fourth-order valence-electron chi connectivity index (χ4n) is 3.84. The monoisotopic (exact) mass is 731 g/mol. The highest BCUT2D eigenvalue weighted by Crippen LogP contribution is 2.43. The van der Waals surface area contributed by atoms with Crippen LogP contribution in [0.5, 0.6) is 11.5 Å². The molecule has 2 atom stereocenters. The standard InChI is InChI=1S/C16H13ClF3NO4.C11H5BrClF3O3/c1-2-24-15(23)10-7-9-5-8(3-4-12(21)22)6-11(17)13(9)25-14(10)16(18,19)20;12-5-1-4-2-6(10(17)18)9(11(14,15)16)19-8(4)7(13)3-5/h3-7,14H,2H2,1H3,(H2,21,22);1-3,9H,(H,17,18)/b4-3+;. The van der Waals surface area contributed by atoms with Gasteiger partial charge in [0.25, 0.3) is 0 Å². The van der Waals surface area contributed by atoms with E-state index in [4.69, 9.17) is 43.5 Å². The Morgan fingerprint density at radius 3 is 1.93 bits per heavy atom. The number of hydrogen-bond acceptors (Lipinski definition) is 6. The highest BCUT2D eigenvalue weighted by atomic mass is 79.9. The Morgan fingerprint density at radius 2 is 1.43 bits per heavy atom. The second-order valence-electron chi connectivity index (χ2n) is 8.77. The third kappa shape index (κ3) is 8.27. The number of hydrogen-bond donors (Lipinski definition) is 2. The molecule has 1 amide bonds. The lowest BCUT2D eigenvalue weighted by molar-refractivity contribution is -0.187. The fraction of sp³-hybridized carbons (Fsp3) is 0.222. The summed E-state index contributed by atoms with van der Waals surface area (Å²) in [6.07, 6.45) is -10.3. The van der Waals surface area contributed by atoms with Crippen molar-refractivity contribution < 1.29 is 60.0 Å². The molecule has 236 valence electrons. The SMILES string of the molecule is CCOC(=O)C1=Cc2cc(/C=C/C(N)=O)cc(Cl)c2OC1C(F)(F)F.O=C(O)C1=Cc2cc(Br)cc(Cl)c2OC1C(F)(F)F. The van der Waals surface area contributed by atoms with Crippen LogP contribution in [0.25, 0.3) is 18.2 Å². The van der Waals surface area contributed by atoms with Gasteiger partial charge in [-0.25, -0.2) is 9.59 Å². The molecule has 3 N–H and O–H groups in total. The summed E-state index contributed by atoms with van der Waals surface area (Å²) in [5, 5.41) is 8.71. The average Bonchev–Trinajstić information content (AvgIpc) is 2.90. The first-order valence-electron chi connectivity index (χ1n) is 11.9. The van der Waals surface area contributed by atoms with Gasteiger partial charge in [0.05, 0.1) is 27.8 Å². The van der Waals surface area contributed by atoms with Crippen LogP contribution in [0.15, 0.2) is 46.0 Å². The summed E-state index contributed by atoms with van der Waals surface area (Å²) < 4.78 is 92.9. The number of ether oxygens (including phenoxy) is 3. The van der Waals surface area contributed by atoms with Crippen LogP contribution >= 0.6 is 39.1 Å². The number of nitrogens with two attached hydrogens (primary N) is 1. The van der Waals surface area contributed by atoms with E-state index in [-0.39, 0.29) is 39.3 Å². The predicted octanol–water partition coefficient (Wildman–Crippen LogP) is 7.00. The molecule has 2 heterocycles. The molecule has 0 spiro atoms. The lowest BCUT2D eigenvalue weighted by atomic mass is 9.99. The summed E-state index contributed by atoms with van der Waals surface area (Å²) in [5.41, 5.74) is 4.16. The minimum atomic E-state index is -4.84. The second kappa shape index (κ2) is 13.5. The van der Waals surface area contributed by atoms with Crippen LogP contribution in [0.4, 0.5) is 26.3 Å². The zero-order valence-electron chi connectivity index (χ0n) is 21.9. The van der Waals surface area contributed by atoms with Crippen molar-refractivity contribution in [3.8, 4) is 11.5 Å². The smallest absolute Gasteiger partial charge is 0.430 e. The number of alkyl halides is 6. The molecular weight excluding hydrogens is 715 g/mol. The van der Waals surface area contributed by atoms with Crippen LogP contribution in [-0.4, -0.2) is 54.1 Å². The van der Waals surface area contributed by atoms with Crippen molar-refractivity contribution in [2.45, 2.75) is 31.5 Å². The number of fused-ring (bicyclic) bond motifs is 2. The van der Waals surface area contributed by atoms with Gasteiger partial charge in [-0.05, 0) is 55.0 Å². The normalized spacial score (nSPS) is 17.5. The first-order valence-corrected chi connectivity index (χ1v) is 13.5. The molecule has 4 rings (SSSR count). The molecule has 0 saturated carbocycles. The molecule has 0 aliphatic carbocycles. The number of halogens is 9. The molecule has 2 unspecified atom stereocenters. The van der Waals surface area contributed by atoms with Gasteiger partial charge in [-0.2, -0.15) is 26.3 Å². The number of carbonyl (C=O) groups is 3. The Kier molecular flexibility index (Phi) is 10.7. The number of esters is 1. The van der Waals surface area contributed by atoms with Crippen molar-refractivity contribution >= 4 is 75.2 Å². The molecule has 0 saturated heterocycles. The predicted molar refractivity (Wildman–Crippen MR) is 150 cm³/mol. The number of amides is 1. The summed E-state index contributed by atoms with van der Waals surface area (Å²) in [4.78, 5) is 33.6. The van der Waals surface area contributed by atoms with E-state index in [2.05, 4.69) is 20.7 Å². The number of rotatable bonds is 5. The van der Waals surface area contributed by atoms with Crippen molar-refractivity contribution in [3.05, 3.63) is 72.7 Å². The van der Waals surface area contributed by atoms with E-state index >= 15 is 0 Å². The number of primary amides is 1. The van der Waals surface area contributed by atoms with Crippen LogP contribution in [0.3, 0.4) is 0 Å². The van der Waals surface area contributed by atoms with Gasteiger partial charge in [0.1, 0.15) is 11.5 Å². The quantitative estimate of drug-likeness (QED) is 0.193. The fourth-order valence-corrected chi connectivity index (χ4v) is 5.00. The van der Waals surface area contributed by atoms with Crippen molar-refractivity contribution in [1.82, 2.24) is 0 Å². The molecule has 8 nitrogen and oxygen atoms in total. The van der Waals surface area contributed by atoms with E-state index in [1.165, 1.54) is 37.3 Å². The molecule has 2 aromatic rings. The maximum atomic E-state index is 13.2. The first-order chi connectivity index (χ1) is 20.3. The zero-order valence-corrected chi connectivity index (χ0v) is 25.0. The lowest BCUT2D eigenvalue weighted by Gasteiger charge is -2.28. The van der Waals surface area contributed by atoms with Gasteiger partial charge in [-0.3, -0.25) is 4.79 Å². The average molecular weight is 733 g/mol. The zero-order chi connectivity index (χ0) is 33.1. The Morgan fingerprint density at radius 1 is 0.932 bits per heavy atom. The van der Waals surface area contributed by atoms with Crippen LogP contribution in [0.2, 0.25) is 10.0 Å². The third-order valence-electron chi connectivity index (χ3n) is 5.58. The summed E-state index contributed by atoms with van der Waals surface area (Å²) >= 11 is 14.9. The Hall–Kier alpha value is -3.69. The van der Waals surface area contributed by atoms with Crippen molar-refractivity contribution in [3.63, 3.8) is 0 Å². The molecule has 2 aliphatic rings. The van der Waals surface area contributed by atoms with Gasteiger partial charge in [0, 0.05) is 21.7 Å². The largest absolute Gasteiger partial charge is 0.478 e. The number of benzene rings is 2. The molecular formula is C27H18BrCl2F6NO7. The molecule has 0 radical (unpaired) electrons. The van der Waals surface area contributed by atoms with Crippen LogP contribution in [0, 0.1) is 0 Å². The second-order valence-corrected chi connectivity index (χ2v) is 10.5. The van der Waals surface area contributed by atoms with Gasteiger partial charge in [0.15, 0.2) is 0 Å². The summed E-state index contributed by atoms with van der Waals surface area (Å²) in [5.74, 6) is -3.93. The molecule has 2 aromatic carbocycles. The van der Waals surface area contributed by atoms with Crippen molar-refractivity contribution in [1.29, 1.82) is 0 Å². The maximum absolute atomic E-state index is 13.2. The van der Waals surface area contributed by atoms with Crippen molar-refractivity contribution in [2.75, 3.05) is 6.61 Å². The van der Waals surface area contributed by atoms with E-state index in [0.29, 0.717) is 10.0 Å². The summed E-state index contributed by atoms with van der Waals surface area (Å²) in [7, 11) is 0. The highest BCUT2D eigenvalue weighted by molar-refractivity contribution is 9.10. The molecule has 17 heteroatoms. The number of carboxylic acid groups (broad SMARTS) is 1. The van der Waals surface area contributed by atoms with Gasteiger partial charge >= 0.3 is 24.3 Å². The number of aliphatic carboxylic acids is 1. The first kappa shape index (κ1) is 34.8. The number of carbonyl (C=O) groups excluding carboxylic acids is 2. The Labute approximate surface area is 262 Å². The van der Waals surface area contributed by atoms with E-state index in [1.807, 2.05) is 0 Å². The Balaban J connectivity index is 0.000000249. The van der Waals surface area contributed by atoms with E-state index < -0.39 is 53.6 Å². The number of carboxylic acids is 1. The topological polar surface area (TPSA) is 125 Å². The summed E-state index contributed by atoms with van der Waals surface area (Å²) in [6, 6.07) is 5.52. The van der Waals surface area contributed by atoms with Gasteiger partial charge in [-0.1, -0.05) is 39.1 Å². The molecule has 44 heavy (non-hydrogen) atoms. The molecule has 0 aromatic heterocycles. The molecule has 0 bridgehead atoms. The maximum Gasteiger partial charge on any atom is 0.430 e. The third-order valence-corrected chi connectivity index (χ3v) is 6.60. The van der Waals surface area contributed by atoms with Crippen LogP contribution in [0.1, 0.15) is 23.6 Å². The minimum absolute atomic E-state index is 0.0284. The van der Waals surface area contributed by atoms with Gasteiger partial charge in [0.2, 0.25) is 18.1 Å². The van der Waals surface area contributed by atoms with Gasteiger partial charge < -0.3 is 25.1 Å². The van der Waals surface area contributed by atoms with E-state index in [1.54, 1.807) is 0 Å². The Bertz CT molecular complexity index is 1590. The van der Waals surface area contributed by atoms with Crippen LogP contribution < -0.4 is 15.2 Å². The molecule has 0 fully saturated rings. The van der Waals surface area contributed by atoms with Crippen molar-refractivity contribution in [2.24, 2.45) is 5.73 Å².